The van der Waals surface area contributed by atoms with Crippen LogP contribution < -0.4 is 4.72 Å². The Kier molecular flexibility index (Phi) is 5.30. The summed E-state index contributed by atoms with van der Waals surface area (Å²) in [5, 5.41) is 8.92. The molecule has 1 fully saturated rings. The van der Waals surface area contributed by atoms with Gasteiger partial charge in [-0.25, -0.2) is 13.1 Å². The van der Waals surface area contributed by atoms with Gasteiger partial charge in [0, 0.05) is 18.4 Å². The predicted octanol–water partition coefficient (Wildman–Crippen LogP) is 1.19. The summed E-state index contributed by atoms with van der Waals surface area (Å²) >= 11 is 0. The van der Waals surface area contributed by atoms with E-state index in [4.69, 9.17) is 5.11 Å². The topological polar surface area (TPSA) is 96.4 Å². The summed E-state index contributed by atoms with van der Waals surface area (Å²) in [6, 6.07) is 3.46. The highest BCUT2D eigenvalue weighted by Crippen LogP contribution is 2.24. The number of aryl methyl sites for hydroxylation is 1. The molecule has 0 spiro atoms. The monoisotopic (exact) mass is 312 g/mol. The van der Waals surface area contributed by atoms with Crippen LogP contribution in [0.3, 0.4) is 0 Å². The second kappa shape index (κ2) is 7.00. The zero-order valence-electron chi connectivity index (χ0n) is 11.7. The van der Waals surface area contributed by atoms with E-state index in [-0.39, 0.29) is 17.7 Å². The maximum absolute atomic E-state index is 12.0. The number of carboxylic acids is 1. The summed E-state index contributed by atoms with van der Waals surface area (Å²) in [5.74, 6) is -1.08. The zero-order chi connectivity index (χ0) is 15.3. The third kappa shape index (κ3) is 5.09. The number of hydrogen-bond acceptors (Lipinski definition) is 4. The molecule has 0 aliphatic heterocycles. The van der Waals surface area contributed by atoms with E-state index in [0.717, 1.165) is 5.56 Å². The van der Waals surface area contributed by atoms with Gasteiger partial charge in [-0.15, -0.1) is 0 Å². The number of nitrogens with one attached hydrogen (secondary N) is 1. The standard InChI is InChI=1S/C14H20N2O4S/c17-14(18)12-1-3-13(4-2-12)16-21(19,20)10-7-11-5-8-15-9-6-11/h5-6,8-9,12-13,16H,1-4,7,10H2,(H,17,18). The van der Waals surface area contributed by atoms with E-state index in [1.807, 2.05) is 0 Å². The number of aliphatic carboxylic acids is 1. The van der Waals surface area contributed by atoms with Gasteiger partial charge >= 0.3 is 5.97 Å². The fourth-order valence-corrected chi connectivity index (χ4v) is 3.94. The van der Waals surface area contributed by atoms with Gasteiger partial charge in [0.25, 0.3) is 0 Å². The summed E-state index contributed by atoms with van der Waals surface area (Å²) in [4.78, 5) is 14.8. The molecule has 0 amide bonds. The number of aromatic nitrogens is 1. The first-order valence-corrected chi connectivity index (χ1v) is 8.73. The molecule has 0 radical (unpaired) electrons. The van der Waals surface area contributed by atoms with E-state index >= 15 is 0 Å². The van der Waals surface area contributed by atoms with Gasteiger partial charge in [-0.2, -0.15) is 0 Å². The van der Waals surface area contributed by atoms with Crippen molar-refractivity contribution >= 4 is 16.0 Å². The molecule has 0 bridgehead atoms. The molecule has 21 heavy (non-hydrogen) atoms. The van der Waals surface area contributed by atoms with Crippen molar-refractivity contribution in [2.45, 2.75) is 38.1 Å². The van der Waals surface area contributed by atoms with Crippen molar-refractivity contribution in [3.8, 4) is 0 Å². The molecular weight excluding hydrogens is 292 g/mol. The summed E-state index contributed by atoms with van der Waals surface area (Å²) in [6.45, 7) is 0. The van der Waals surface area contributed by atoms with Crippen LogP contribution in [0, 0.1) is 5.92 Å². The zero-order valence-corrected chi connectivity index (χ0v) is 12.6. The van der Waals surface area contributed by atoms with Crippen molar-refractivity contribution in [2.24, 2.45) is 5.92 Å². The number of sulfonamides is 1. The Labute approximate surface area is 124 Å². The summed E-state index contributed by atoms with van der Waals surface area (Å²) in [6.07, 6.45) is 5.98. The van der Waals surface area contributed by atoms with Gasteiger partial charge < -0.3 is 5.11 Å². The van der Waals surface area contributed by atoms with E-state index in [9.17, 15) is 13.2 Å². The number of hydrogen-bond donors (Lipinski definition) is 2. The molecule has 1 heterocycles. The van der Waals surface area contributed by atoms with E-state index in [1.54, 1.807) is 24.5 Å². The van der Waals surface area contributed by atoms with Crippen LogP contribution in [-0.4, -0.2) is 36.3 Å². The highest BCUT2D eigenvalue weighted by atomic mass is 32.2. The highest BCUT2D eigenvalue weighted by molar-refractivity contribution is 7.89. The Hall–Kier alpha value is -1.47. The van der Waals surface area contributed by atoms with Crippen LogP contribution in [0.5, 0.6) is 0 Å². The molecule has 116 valence electrons. The molecule has 0 saturated heterocycles. The molecule has 0 unspecified atom stereocenters. The lowest BCUT2D eigenvalue weighted by atomic mass is 9.87. The van der Waals surface area contributed by atoms with E-state index in [0.29, 0.717) is 32.1 Å². The summed E-state index contributed by atoms with van der Waals surface area (Å²) in [5.41, 5.74) is 0.935. The van der Waals surface area contributed by atoms with Crippen LogP contribution in [0.25, 0.3) is 0 Å². The molecule has 1 aliphatic carbocycles. The summed E-state index contributed by atoms with van der Waals surface area (Å²) < 4.78 is 26.8. The molecule has 0 aromatic carbocycles. The average Bonchev–Trinajstić information content (AvgIpc) is 2.46. The normalized spacial score (nSPS) is 22.9. The van der Waals surface area contributed by atoms with Crippen molar-refractivity contribution in [1.29, 1.82) is 0 Å². The van der Waals surface area contributed by atoms with Crippen LogP contribution in [0.1, 0.15) is 31.2 Å². The van der Waals surface area contributed by atoms with Crippen LogP contribution >= 0.6 is 0 Å². The van der Waals surface area contributed by atoms with Crippen LogP contribution in [0.15, 0.2) is 24.5 Å². The van der Waals surface area contributed by atoms with Crippen molar-refractivity contribution in [3.63, 3.8) is 0 Å². The Morgan fingerprint density at radius 1 is 1.24 bits per heavy atom. The van der Waals surface area contributed by atoms with Gasteiger partial charge in [0.2, 0.25) is 10.0 Å². The van der Waals surface area contributed by atoms with Crippen LogP contribution in [0.2, 0.25) is 0 Å². The first-order chi connectivity index (χ1) is 9.96. The maximum atomic E-state index is 12.0. The minimum atomic E-state index is -3.33. The Morgan fingerprint density at radius 2 is 1.86 bits per heavy atom. The van der Waals surface area contributed by atoms with E-state index < -0.39 is 16.0 Å². The van der Waals surface area contributed by atoms with Gasteiger partial charge in [0.05, 0.1) is 11.7 Å². The highest BCUT2D eigenvalue weighted by Gasteiger charge is 2.28. The minimum Gasteiger partial charge on any atom is -0.481 e. The molecular formula is C14H20N2O4S. The lowest BCUT2D eigenvalue weighted by Gasteiger charge is -2.26. The first-order valence-electron chi connectivity index (χ1n) is 7.08. The van der Waals surface area contributed by atoms with E-state index in [2.05, 4.69) is 9.71 Å². The van der Waals surface area contributed by atoms with Crippen LogP contribution in [0.4, 0.5) is 0 Å². The van der Waals surface area contributed by atoms with E-state index in [1.165, 1.54) is 0 Å². The summed E-state index contributed by atoms with van der Waals surface area (Å²) in [7, 11) is -3.33. The number of carbonyl (C=O) groups is 1. The smallest absolute Gasteiger partial charge is 0.306 e. The molecule has 1 aromatic heterocycles. The Morgan fingerprint density at radius 3 is 2.43 bits per heavy atom. The second-order valence-electron chi connectivity index (χ2n) is 5.43. The van der Waals surface area contributed by atoms with Crippen LogP contribution in [-0.2, 0) is 21.2 Å². The van der Waals surface area contributed by atoms with Gasteiger partial charge in [-0.05, 0) is 49.8 Å². The molecule has 1 saturated carbocycles. The third-order valence-electron chi connectivity index (χ3n) is 3.83. The van der Waals surface area contributed by atoms with Crippen molar-refractivity contribution < 1.29 is 18.3 Å². The fourth-order valence-electron chi connectivity index (χ4n) is 2.57. The molecule has 6 nitrogen and oxygen atoms in total. The fraction of sp³-hybridized carbons (Fsp3) is 0.571. The van der Waals surface area contributed by atoms with Gasteiger partial charge in [0.15, 0.2) is 0 Å². The second-order valence-corrected chi connectivity index (χ2v) is 7.30. The van der Waals surface area contributed by atoms with Crippen molar-refractivity contribution in [3.05, 3.63) is 30.1 Å². The molecule has 1 aliphatic rings. The molecule has 1 aromatic rings. The Balaban J connectivity index is 1.80. The SMILES string of the molecule is O=C(O)C1CCC(NS(=O)(=O)CCc2ccncc2)CC1. The first kappa shape index (κ1) is 15.9. The number of nitrogens with zero attached hydrogens (tertiary/aromatic N) is 1. The third-order valence-corrected chi connectivity index (χ3v) is 5.27. The van der Waals surface area contributed by atoms with Crippen molar-refractivity contribution in [2.75, 3.05) is 5.75 Å². The largest absolute Gasteiger partial charge is 0.481 e. The lowest BCUT2D eigenvalue weighted by Crippen LogP contribution is -2.40. The molecule has 0 atom stereocenters. The quantitative estimate of drug-likeness (QED) is 0.822. The van der Waals surface area contributed by atoms with Gasteiger partial charge in [0.1, 0.15) is 0 Å². The number of carboxylic acid groups (broad SMARTS) is 1. The Bertz CT molecular complexity index is 566. The van der Waals surface area contributed by atoms with Gasteiger partial charge in [-0.3, -0.25) is 9.78 Å². The van der Waals surface area contributed by atoms with Crippen molar-refractivity contribution in [1.82, 2.24) is 9.71 Å². The maximum Gasteiger partial charge on any atom is 0.306 e. The number of pyridine rings is 1. The minimum absolute atomic E-state index is 0.0376. The molecule has 2 N–H and O–H groups in total. The predicted molar refractivity (Wildman–Crippen MR) is 78.2 cm³/mol. The van der Waals surface area contributed by atoms with Gasteiger partial charge in [-0.1, -0.05) is 0 Å². The number of rotatable bonds is 6. The molecule has 2 rings (SSSR count). The molecule has 7 heteroatoms. The average molecular weight is 312 g/mol. The lowest BCUT2D eigenvalue weighted by molar-refractivity contribution is -0.142.